The molecular formula is C17H22N2O6. The van der Waals surface area contributed by atoms with Crippen LogP contribution in [0.3, 0.4) is 0 Å². The standard InChI is InChI=1S/C17H22N2O6/c1-2-24-16(20)8-9-18(12-15-7-4-10-25-15)17(21)13-5-3-6-14(11-13)19(22)23/h3,5-6,11,15H,2,4,7-10,12H2,1H3. The topological polar surface area (TPSA) is 99.0 Å². The zero-order valence-electron chi connectivity index (χ0n) is 14.2. The van der Waals surface area contributed by atoms with E-state index in [0.29, 0.717) is 13.2 Å². The number of nitro benzene ring substituents is 1. The van der Waals surface area contributed by atoms with Crippen LogP contribution in [-0.2, 0) is 14.3 Å². The Balaban J connectivity index is 2.11. The SMILES string of the molecule is CCOC(=O)CCN(CC1CCCO1)C(=O)c1cccc([N+](=O)[O-])c1. The molecule has 25 heavy (non-hydrogen) atoms. The largest absolute Gasteiger partial charge is 0.466 e. The number of rotatable bonds is 8. The molecule has 1 fully saturated rings. The minimum absolute atomic E-state index is 0.0707. The average molecular weight is 350 g/mol. The molecule has 8 nitrogen and oxygen atoms in total. The van der Waals surface area contributed by atoms with Crippen molar-refractivity contribution in [3.63, 3.8) is 0 Å². The maximum atomic E-state index is 12.8. The molecule has 0 aliphatic carbocycles. The Bertz CT molecular complexity index is 627. The number of carbonyl (C=O) groups is 2. The predicted molar refractivity (Wildman–Crippen MR) is 89.2 cm³/mol. The first-order valence-electron chi connectivity index (χ1n) is 8.32. The summed E-state index contributed by atoms with van der Waals surface area (Å²) in [5.41, 5.74) is 0.0735. The van der Waals surface area contributed by atoms with E-state index < -0.39 is 4.92 Å². The second-order valence-electron chi connectivity index (χ2n) is 5.75. The summed E-state index contributed by atoms with van der Waals surface area (Å²) in [5, 5.41) is 10.9. The van der Waals surface area contributed by atoms with E-state index in [9.17, 15) is 19.7 Å². The molecule has 1 heterocycles. The van der Waals surface area contributed by atoms with Crippen molar-refractivity contribution in [2.45, 2.75) is 32.3 Å². The first-order chi connectivity index (χ1) is 12.0. The number of ether oxygens (including phenoxy) is 2. The molecule has 1 amide bonds. The van der Waals surface area contributed by atoms with E-state index in [1.54, 1.807) is 6.92 Å². The van der Waals surface area contributed by atoms with Gasteiger partial charge in [-0.15, -0.1) is 0 Å². The predicted octanol–water partition coefficient (Wildman–Crippen LogP) is 2.17. The molecule has 136 valence electrons. The Labute approximate surface area is 145 Å². The zero-order chi connectivity index (χ0) is 18.2. The highest BCUT2D eigenvalue weighted by Crippen LogP contribution is 2.18. The fourth-order valence-electron chi connectivity index (χ4n) is 2.70. The number of hydrogen-bond acceptors (Lipinski definition) is 6. The molecule has 1 aromatic carbocycles. The highest BCUT2D eigenvalue weighted by Gasteiger charge is 2.25. The fraction of sp³-hybridized carbons (Fsp3) is 0.529. The number of esters is 1. The number of non-ortho nitro benzene ring substituents is 1. The average Bonchev–Trinajstić information content (AvgIpc) is 3.11. The maximum absolute atomic E-state index is 12.8. The van der Waals surface area contributed by atoms with Crippen molar-refractivity contribution < 1.29 is 24.0 Å². The van der Waals surface area contributed by atoms with Crippen molar-refractivity contribution in [1.82, 2.24) is 4.90 Å². The van der Waals surface area contributed by atoms with Gasteiger partial charge in [0.2, 0.25) is 0 Å². The maximum Gasteiger partial charge on any atom is 0.307 e. The third kappa shape index (κ3) is 5.53. The molecule has 1 unspecified atom stereocenters. The summed E-state index contributed by atoms with van der Waals surface area (Å²) in [7, 11) is 0. The van der Waals surface area contributed by atoms with Crippen LogP contribution in [0.1, 0.15) is 36.5 Å². The van der Waals surface area contributed by atoms with Crippen molar-refractivity contribution >= 4 is 17.6 Å². The van der Waals surface area contributed by atoms with E-state index in [1.165, 1.54) is 29.2 Å². The first kappa shape index (κ1) is 18.9. The van der Waals surface area contributed by atoms with Crippen molar-refractivity contribution in [2.24, 2.45) is 0 Å². The van der Waals surface area contributed by atoms with E-state index in [0.717, 1.165) is 12.8 Å². The summed E-state index contributed by atoms with van der Waals surface area (Å²) in [6.45, 7) is 3.18. The fourth-order valence-corrected chi connectivity index (χ4v) is 2.70. The third-order valence-electron chi connectivity index (χ3n) is 3.93. The van der Waals surface area contributed by atoms with Gasteiger partial charge in [0.05, 0.1) is 24.1 Å². The minimum atomic E-state index is -0.542. The van der Waals surface area contributed by atoms with E-state index in [-0.39, 0.29) is 48.8 Å². The molecule has 0 radical (unpaired) electrons. The van der Waals surface area contributed by atoms with Crippen LogP contribution in [0.15, 0.2) is 24.3 Å². The Hall–Kier alpha value is -2.48. The normalized spacial score (nSPS) is 16.4. The van der Waals surface area contributed by atoms with Crippen LogP contribution in [0.2, 0.25) is 0 Å². The summed E-state index contributed by atoms with van der Waals surface area (Å²) in [6.07, 6.45) is 1.77. The van der Waals surface area contributed by atoms with Gasteiger partial charge in [0.15, 0.2) is 0 Å². The second-order valence-corrected chi connectivity index (χ2v) is 5.75. The molecule has 1 aliphatic rings. The first-order valence-corrected chi connectivity index (χ1v) is 8.32. The molecule has 0 spiro atoms. The van der Waals surface area contributed by atoms with Crippen molar-refractivity contribution in [3.05, 3.63) is 39.9 Å². The van der Waals surface area contributed by atoms with Crippen LogP contribution in [0.5, 0.6) is 0 Å². The van der Waals surface area contributed by atoms with Crippen LogP contribution in [0, 0.1) is 10.1 Å². The highest BCUT2D eigenvalue weighted by atomic mass is 16.6. The molecule has 0 aromatic heterocycles. The lowest BCUT2D eigenvalue weighted by atomic mass is 10.1. The number of benzene rings is 1. The van der Waals surface area contributed by atoms with Crippen LogP contribution in [0.4, 0.5) is 5.69 Å². The van der Waals surface area contributed by atoms with Gasteiger partial charge in [-0.3, -0.25) is 19.7 Å². The molecule has 1 atom stereocenters. The molecule has 1 aromatic rings. The molecule has 1 saturated heterocycles. The highest BCUT2D eigenvalue weighted by molar-refractivity contribution is 5.95. The van der Waals surface area contributed by atoms with Crippen LogP contribution >= 0.6 is 0 Å². The number of hydrogen-bond donors (Lipinski definition) is 0. The van der Waals surface area contributed by atoms with Gasteiger partial charge in [0, 0.05) is 37.4 Å². The summed E-state index contributed by atoms with van der Waals surface area (Å²) < 4.78 is 10.5. The number of amides is 1. The molecule has 0 bridgehead atoms. The smallest absolute Gasteiger partial charge is 0.307 e. The minimum Gasteiger partial charge on any atom is -0.466 e. The van der Waals surface area contributed by atoms with Gasteiger partial charge in [-0.1, -0.05) is 6.07 Å². The summed E-state index contributed by atoms with van der Waals surface area (Å²) in [5.74, 6) is -0.741. The van der Waals surface area contributed by atoms with Gasteiger partial charge in [0.1, 0.15) is 0 Å². The number of carbonyl (C=O) groups excluding carboxylic acids is 2. The monoisotopic (exact) mass is 350 g/mol. The van der Waals surface area contributed by atoms with E-state index >= 15 is 0 Å². The van der Waals surface area contributed by atoms with Gasteiger partial charge >= 0.3 is 5.97 Å². The van der Waals surface area contributed by atoms with Gasteiger partial charge in [-0.25, -0.2) is 0 Å². The molecule has 8 heteroatoms. The van der Waals surface area contributed by atoms with Gasteiger partial charge in [-0.2, -0.15) is 0 Å². The Morgan fingerprint density at radius 3 is 2.88 bits per heavy atom. The van der Waals surface area contributed by atoms with Crippen molar-refractivity contribution in [1.29, 1.82) is 0 Å². The van der Waals surface area contributed by atoms with Crippen molar-refractivity contribution in [2.75, 3.05) is 26.3 Å². The Kier molecular flexibility index (Phi) is 6.88. The van der Waals surface area contributed by atoms with E-state index in [4.69, 9.17) is 9.47 Å². The summed E-state index contributed by atoms with van der Waals surface area (Å²) in [4.78, 5) is 36.3. The summed E-state index contributed by atoms with van der Waals surface area (Å²) >= 11 is 0. The van der Waals surface area contributed by atoms with Gasteiger partial charge in [-0.05, 0) is 25.8 Å². The van der Waals surface area contributed by atoms with Gasteiger partial charge < -0.3 is 14.4 Å². The zero-order valence-corrected chi connectivity index (χ0v) is 14.2. The third-order valence-corrected chi connectivity index (χ3v) is 3.93. The summed E-state index contributed by atoms with van der Waals surface area (Å²) in [6, 6.07) is 5.58. The lowest BCUT2D eigenvalue weighted by Gasteiger charge is -2.25. The van der Waals surface area contributed by atoms with Crippen LogP contribution < -0.4 is 0 Å². The van der Waals surface area contributed by atoms with Crippen molar-refractivity contribution in [3.8, 4) is 0 Å². The molecule has 1 aliphatic heterocycles. The van der Waals surface area contributed by atoms with Crippen LogP contribution in [0.25, 0.3) is 0 Å². The lowest BCUT2D eigenvalue weighted by molar-refractivity contribution is -0.384. The Morgan fingerprint density at radius 1 is 1.44 bits per heavy atom. The van der Waals surface area contributed by atoms with E-state index in [1.807, 2.05) is 0 Å². The second kappa shape index (κ2) is 9.12. The number of nitrogens with zero attached hydrogens (tertiary/aromatic N) is 2. The molecule has 0 N–H and O–H groups in total. The van der Waals surface area contributed by atoms with Crippen LogP contribution in [-0.4, -0.2) is 54.1 Å². The van der Waals surface area contributed by atoms with Gasteiger partial charge in [0.25, 0.3) is 11.6 Å². The number of nitro groups is 1. The van der Waals surface area contributed by atoms with E-state index in [2.05, 4.69) is 0 Å². The quantitative estimate of drug-likeness (QED) is 0.405. The molecule has 0 saturated carbocycles. The molecular weight excluding hydrogens is 328 g/mol. The Morgan fingerprint density at radius 2 is 2.24 bits per heavy atom. The molecule has 2 rings (SSSR count). The lowest BCUT2D eigenvalue weighted by Crippen LogP contribution is -2.39.